The molecule has 0 spiro atoms. The van der Waals surface area contributed by atoms with Crippen LogP contribution in [0.25, 0.3) is 0 Å². The van der Waals surface area contributed by atoms with Crippen LogP contribution in [0.3, 0.4) is 0 Å². The predicted octanol–water partition coefficient (Wildman–Crippen LogP) is 3.77. The Morgan fingerprint density at radius 1 is 1.24 bits per heavy atom. The smallest absolute Gasteiger partial charge is 0.0126 e. The Labute approximate surface area is 109 Å². The van der Waals surface area contributed by atoms with Crippen molar-refractivity contribution in [1.29, 1.82) is 0 Å². The Balaban J connectivity index is 1.53. The van der Waals surface area contributed by atoms with Crippen molar-refractivity contribution in [3.05, 3.63) is 21.9 Å². The summed E-state index contributed by atoms with van der Waals surface area (Å²) in [6, 6.07) is 6.01. The third-order valence-electron chi connectivity index (χ3n) is 4.04. The molecule has 0 bridgehead atoms. The standard InChI is InChI=1S/C15H23NS/c1-10(9-14-8-3-11(2)17-14)16-15(12-4-5-12)13-6-7-13/h3,8,10,12-13,15-16H,4-7,9H2,1-2H3. The number of thiophene rings is 1. The molecular formula is C15H23NS. The van der Waals surface area contributed by atoms with Crippen LogP contribution in [0, 0.1) is 18.8 Å². The second-order valence-corrected chi connectivity index (χ2v) is 7.36. The fourth-order valence-electron chi connectivity index (χ4n) is 2.85. The molecule has 2 saturated carbocycles. The van der Waals surface area contributed by atoms with Crippen molar-refractivity contribution in [3.8, 4) is 0 Å². The average molecular weight is 249 g/mol. The van der Waals surface area contributed by atoms with Crippen molar-refractivity contribution in [1.82, 2.24) is 5.32 Å². The summed E-state index contributed by atoms with van der Waals surface area (Å²) in [7, 11) is 0. The maximum Gasteiger partial charge on any atom is 0.0126 e. The van der Waals surface area contributed by atoms with Crippen LogP contribution in [0.2, 0.25) is 0 Å². The quantitative estimate of drug-likeness (QED) is 0.809. The molecule has 0 saturated heterocycles. The third kappa shape index (κ3) is 3.11. The highest BCUT2D eigenvalue weighted by Crippen LogP contribution is 2.44. The van der Waals surface area contributed by atoms with Crippen LogP contribution in [-0.2, 0) is 6.42 Å². The molecule has 1 N–H and O–H groups in total. The van der Waals surface area contributed by atoms with Gasteiger partial charge in [0.15, 0.2) is 0 Å². The minimum absolute atomic E-state index is 0.638. The molecule has 0 radical (unpaired) electrons. The zero-order valence-corrected chi connectivity index (χ0v) is 11.7. The Hall–Kier alpha value is -0.340. The van der Waals surface area contributed by atoms with Crippen LogP contribution in [0.1, 0.15) is 42.4 Å². The van der Waals surface area contributed by atoms with Crippen molar-refractivity contribution in [2.24, 2.45) is 11.8 Å². The first kappa shape index (κ1) is 11.7. The number of hydrogen-bond donors (Lipinski definition) is 1. The van der Waals surface area contributed by atoms with Crippen LogP contribution >= 0.6 is 11.3 Å². The van der Waals surface area contributed by atoms with Gasteiger partial charge in [-0.3, -0.25) is 0 Å². The van der Waals surface area contributed by atoms with E-state index >= 15 is 0 Å². The molecule has 1 unspecified atom stereocenters. The second kappa shape index (κ2) is 4.74. The molecule has 3 rings (SSSR count). The lowest BCUT2D eigenvalue weighted by molar-refractivity contribution is 0.372. The van der Waals surface area contributed by atoms with Crippen LogP contribution < -0.4 is 5.32 Å². The Morgan fingerprint density at radius 2 is 1.88 bits per heavy atom. The third-order valence-corrected chi connectivity index (χ3v) is 5.06. The highest BCUT2D eigenvalue weighted by Gasteiger charge is 2.41. The SMILES string of the molecule is Cc1ccc(CC(C)NC(C2CC2)C2CC2)s1. The molecule has 17 heavy (non-hydrogen) atoms. The first-order chi connectivity index (χ1) is 8.22. The van der Waals surface area contributed by atoms with Gasteiger partial charge in [0.2, 0.25) is 0 Å². The van der Waals surface area contributed by atoms with Crippen molar-refractivity contribution >= 4 is 11.3 Å². The fraction of sp³-hybridized carbons (Fsp3) is 0.733. The van der Waals surface area contributed by atoms with E-state index in [-0.39, 0.29) is 0 Å². The molecule has 2 aliphatic rings. The van der Waals surface area contributed by atoms with E-state index in [0.29, 0.717) is 6.04 Å². The molecule has 1 nitrogen and oxygen atoms in total. The zero-order chi connectivity index (χ0) is 11.8. The lowest BCUT2D eigenvalue weighted by Crippen LogP contribution is -2.40. The van der Waals surface area contributed by atoms with Crippen LogP contribution in [0.5, 0.6) is 0 Å². The van der Waals surface area contributed by atoms with E-state index in [9.17, 15) is 0 Å². The number of nitrogens with one attached hydrogen (secondary N) is 1. The molecule has 2 heteroatoms. The molecule has 0 aromatic carbocycles. The monoisotopic (exact) mass is 249 g/mol. The van der Waals surface area contributed by atoms with E-state index in [1.165, 1.54) is 41.9 Å². The number of rotatable bonds is 6. The van der Waals surface area contributed by atoms with Gasteiger partial charge in [-0.15, -0.1) is 11.3 Å². The van der Waals surface area contributed by atoms with Gasteiger partial charge in [-0.2, -0.15) is 0 Å². The van der Waals surface area contributed by atoms with Gasteiger partial charge in [0, 0.05) is 21.8 Å². The predicted molar refractivity (Wildman–Crippen MR) is 74.6 cm³/mol. The van der Waals surface area contributed by atoms with Crippen LogP contribution in [-0.4, -0.2) is 12.1 Å². The summed E-state index contributed by atoms with van der Waals surface area (Å²) in [5.74, 6) is 2.02. The molecule has 1 heterocycles. The average Bonchev–Trinajstić information content (AvgIpc) is 3.17. The topological polar surface area (TPSA) is 12.0 Å². The normalized spacial score (nSPS) is 22.1. The molecule has 94 valence electrons. The summed E-state index contributed by atoms with van der Waals surface area (Å²) in [4.78, 5) is 2.97. The first-order valence-corrected chi connectivity index (χ1v) is 7.85. The molecule has 0 aliphatic heterocycles. The number of aryl methyl sites for hydroxylation is 1. The van der Waals surface area contributed by atoms with Crippen molar-refractivity contribution < 1.29 is 0 Å². The van der Waals surface area contributed by atoms with E-state index in [4.69, 9.17) is 0 Å². The van der Waals surface area contributed by atoms with Gasteiger partial charge in [0.05, 0.1) is 0 Å². The largest absolute Gasteiger partial charge is 0.311 e. The summed E-state index contributed by atoms with van der Waals surface area (Å²) in [5.41, 5.74) is 0. The van der Waals surface area contributed by atoms with Crippen molar-refractivity contribution in [3.63, 3.8) is 0 Å². The zero-order valence-electron chi connectivity index (χ0n) is 10.9. The maximum atomic E-state index is 3.91. The van der Waals surface area contributed by atoms with E-state index in [1.807, 2.05) is 11.3 Å². The van der Waals surface area contributed by atoms with E-state index in [2.05, 4.69) is 31.3 Å². The molecule has 1 atom stereocenters. The van der Waals surface area contributed by atoms with E-state index in [1.54, 1.807) is 0 Å². The maximum absolute atomic E-state index is 3.91. The van der Waals surface area contributed by atoms with Crippen LogP contribution in [0.15, 0.2) is 12.1 Å². The van der Waals surface area contributed by atoms with E-state index in [0.717, 1.165) is 17.9 Å². The first-order valence-electron chi connectivity index (χ1n) is 7.04. The summed E-state index contributed by atoms with van der Waals surface area (Å²) in [5, 5.41) is 3.91. The van der Waals surface area contributed by atoms with Gasteiger partial charge < -0.3 is 5.32 Å². The fourth-order valence-corrected chi connectivity index (χ4v) is 3.87. The van der Waals surface area contributed by atoms with Gasteiger partial charge in [-0.1, -0.05) is 0 Å². The van der Waals surface area contributed by atoms with Gasteiger partial charge >= 0.3 is 0 Å². The molecule has 0 amide bonds. The Bertz CT molecular complexity index is 364. The van der Waals surface area contributed by atoms with Crippen molar-refractivity contribution in [2.75, 3.05) is 0 Å². The minimum atomic E-state index is 0.638. The highest BCUT2D eigenvalue weighted by atomic mass is 32.1. The number of hydrogen-bond acceptors (Lipinski definition) is 2. The minimum Gasteiger partial charge on any atom is -0.311 e. The lowest BCUT2D eigenvalue weighted by atomic mass is 10.1. The lowest BCUT2D eigenvalue weighted by Gasteiger charge is -2.22. The summed E-state index contributed by atoms with van der Waals surface area (Å²) in [6.07, 6.45) is 7.09. The molecule has 1 aromatic rings. The van der Waals surface area contributed by atoms with Gasteiger partial charge in [0.1, 0.15) is 0 Å². The van der Waals surface area contributed by atoms with E-state index < -0.39 is 0 Å². The van der Waals surface area contributed by atoms with Crippen LogP contribution in [0.4, 0.5) is 0 Å². The molecule has 2 fully saturated rings. The van der Waals surface area contributed by atoms with Gasteiger partial charge in [-0.05, 0) is 69.9 Å². The Kier molecular flexibility index (Phi) is 3.27. The summed E-state index contributed by atoms with van der Waals surface area (Å²) < 4.78 is 0. The van der Waals surface area contributed by atoms with Gasteiger partial charge in [0.25, 0.3) is 0 Å². The molecule has 2 aliphatic carbocycles. The summed E-state index contributed by atoms with van der Waals surface area (Å²) in [6.45, 7) is 4.55. The van der Waals surface area contributed by atoms with Crippen molar-refractivity contribution in [2.45, 2.75) is 58.0 Å². The van der Waals surface area contributed by atoms with Gasteiger partial charge in [-0.25, -0.2) is 0 Å². The summed E-state index contributed by atoms with van der Waals surface area (Å²) >= 11 is 1.95. The molecular weight excluding hydrogens is 226 g/mol. The second-order valence-electron chi connectivity index (χ2n) is 5.98. The molecule has 1 aromatic heterocycles. The highest BCUT2D eigenvalue weighted by molar-refractivity contribution is 7.11. The Morgan fingerprint density at radius 3 is 2.35 bits per heavy atom.